The van der Waals surface area contributed by atoms with E-state index in [-0.39, 0.29) is 6.04 Å². The first kappa shape index (κ1) is 19.6. The third-order valence-electron chi connectivity index (χ3n) is 5.12. The Kier molecular flexibility index (Phi) is 6.20. The Labute approximate surface area is 175 Å². The van der Waals surface area contributed by atoms with Gasteiger partial charge in [0.15, 0.2) is 0 Å². The number of nitrogens with two attached hydrogens (primary N) is 1. The van der Waals surface area contributed by atoms with Crippen molar-refractivity contribution in [3.8, 4) is 16.9 Å². The highest BCUT2D eigenvalue weighted by Crippen LogP contribution is 2.28. The van der Waals surface area contributed by atoms with E-state index in [1.165, 1.54) is 38.3 Å². The second-order valence-corrected chi connectivity index (χ2v) is 7.83. The predicted molar refractivity (Wildman–Crippen MR) is 121 cm³/mol. The lowest BCUT2D eigenvalue weighted by Crippen LogP contribution is -2.21. The van der Waals surface area contributed by atoms with Gasteiger partial charge in [0.05, 0.1) is 17.5 Å². The number of hydrogen-bond donors (Lipinski definition) is 2. The Balaban J connectivity index is 1.37. The highest BCUT2D eigenvalue weighted by atomic mass is 32.1. The Morgan fingerprint density at radius 2 is 1.76 bits per heavy atom. The largest absolute Gasteiger partial charge is 0.497 e. The fourth-order valence-electron chi connectivity index (χ4n) is 3.52. The molecular formula is C24H25N3OS. The zero-order valence-corrected chi connectivity index (χ0v) is 17.3. The van der Waals surface area contributed by atoms with E-state index in [0.29, 0.717) is 0 Å². The van der Waals surface area contributed by atoms with Gasteiger partial charge in [-0.1, -0.05) is 54.6 Å². The molecule has 29 heavy (non-hydrogen) atoms. The van der Waals surface area contributed by atoms with Crippen LogP contribution in [-0.2, 0) is 6.54 Å². The third kappa shape index (κ3) is 4.48. The molecule has 1 unspecified atom stereocenters. The van der Waals surface area contributed by atoms with Gasteiger partial charge in [-0.3, -0.25) is 0 Å². The Morgan fingerprint density at radius 3 is 2.59 bits per heavy atom. The first-order valence-corrected chi connectivity index (χ1v) is 10.6. The van der Waals surface area contributed by atoms with Crippen LogP contribution in [0.15, 0.2) is 72.8 Å². The summed E-state index contributed by atoms with van der Waals surface area (Å²) in [5, 5.41) is 4.72. The van der Waals surface area contributed by atoms with Crippen molar-refractivity contribution in [3.63, 3.8) is 0 Å². The number of fused-ring (bicyclic) bond motifs is 1. The predicted octanol–water partition coefficient (Wildman–Crippen LogP) is 5.15. The molecule has 0 aliphatic rings. The van der Waals surface area contributed by atoms with E-state index in [0.717, 1.165) is 31.0 Å². The van der Waals surface area contributed by atoms with Crippen molar-refractivity contribution < 1.29 is 4.74 Å². The molecule has 1 aromatic heterocycles. The average molecular weight is 404 g/mol. The normalized spacial score (nSPS) is 12.2. The van der Waals surface area contributed by atoms with Gasteiger partial charge in [0.25, 0.3) is 0 Å². The highest BCUT2D eigenvalue weighted by Gasteiger charge is 2.13. The summed E-state index contributed by atoms with van der Waals surface area (Å²) < 4.78 is 11.0. The zero-order chi connectivity index (χ0) is 20.1. The van der Waals surface area contributed by atoms with Crippen molar-refractivity contribution in [2.24, 2.45) is 5.73 Å². The number of aromatic nitrogens is 1. The number of nitrogens with one attached hydrogen (secondary N) is 1. The summed E-state index contributed by atoms with van der Waals surface area (Å²) in [7, 11) is 1.69. The molecule has 0 spiro atoms. The molecule has 0 aliphatic heterocycles. The van der Waals surface area contributed by atoms with Crippen molar-refractivity contribution in [2.75, 3.05) is 13.7 Å². The number of rotatable bonds is 8. The van der Waals surface area contributed by atoms with Crippen LogP contribution in [0, 0.1) is 0 Å². The number of nitrogens with zero attached hydrogens (tertiary/aromatic N) is 1. The molecule has 1 atom stereocenters. The van der Waals surface area contributed by atoms with Crippen LogP contribution in [0.3, 0.4) is 0 Å². The molecule has 3 N–H and O–H groups in total. The summed E-state index contributed by atoms with van der Waals surface area (Å²) in [6.07, 6.45) is 0.846. The lowest BCUT2D eigenvalue weighted by Gasteiger charge is -2.13. The highest BCUT2D eigenvalue weighted by molar-refractivity contribution is 7.13. The minimum absolute atomic E-state index is 0.0597. The summed E-state index contributed by atoms with van der Waals surface area (Å²) >= 11 is 1.52. The van der Waals surface area contributed by atoms with Gasteiger partial charge in [0, 0.05) is 18.0 Å². The monoisotopic (exact) mass is 403 g/mol. The van der Waals surface area contributed by atoms with Crippen molar-refractivity contribution in [3.05, 3.63) is 84.1 Å². The first-order valence-electron chi connectivity index (χ1n) is 9.79. The number of hydrogen-bond acceptors (Lipinski definition) is 5. The fraction of sp³-hybridized carbons (Fsp3) is 0.208. The SMILES string of the molecule is COc1ccc(-c2ccccc2CNCCC(N)c2nsc3ccccc23)cc1. The molecule has 148 valence electrons. The van der Waals surface area contributed by atoms with Crippen LogP contribution >= 0.6 is 11.5 Å². The molecular weight excluding hydrogens is 378 g/mol. The molecule has 4 rings (SSSR count). The van der Waals surface area contributed by atoms with Crippen LogP contribution < -0.4 is 15.8 Å². The standard InChI is InChI=1S/C24H25N3OS/c1-28-19-12-10-17(11-13-19)20-7-3-2-6-18(20)16-26-15-14-22(25)24-21-8-4-5-9-23(21)29-27-24/h2-13,22,26H,14-16,25H2,1H3. The van der Waals surface area contributed by atoms with E-state index in [1.807, 2.05) is 24.3 Å². The maximum absolute atomic E-state index is 6.43. The van der Waals surface area contributed by atoms with Crippen LogP contribution in [0.25, 0.3) is 21.2 Å². The maximum atomic E-state index is 6.43. The summed E-state index contributed by atoms with van der Waals surface area (Å²) in [6.45, 7) is 1.64. The zero-order valence-electron chi connectivity index (χ0n) is 16.5. The van der Waals surface area contributed by atoms with E-state index in [2.05, 4.69) is 58.2 Å². The Morgan fingerprint density at radius 1 is 1.00 bits per heavy atom. The molecule has 0 saturated heterocycles. The maximum Gasteiger partial charge on any atom is 0.118 e. The van der Waals surface area contributed by atoms with E-state index >= 15 is 0 Å². The molecule has 0 radical (unpaired) electrons. The van der Waals surface area contributed by atoms with Crippen molar-refractivity contribution in [2.45, 2.75) is 19.0 Å². The molecule has 0 saturated carbocycles. The van der Waals surface area contributed by atoms with Crippen LogP contribution in [0.2, 0.25) is 0 Å². The van der Waals surface area contributed by atoms with E-state index in [1.54, 1.807) is 7.11 Å². The van der Waals surface area contributed by atoms with E-state index < -0.39 is 0 Å². The molecule has 4 nitrogen and oxygen atoms in total. The second kappa shape index (κ2) is 9.18. The van der Waals surface area contributed by atoms with Crippen LogP contribution in [0.4, 0.5) is 0 Å². The lowest BCUT2D eigenvalue weighted by molar-refractivity contribution is 0.415. The van der Waals surface area contributed by atoms with Crippen LogP contribution in [0.5, 0.6) is 5.75 Å². The fourth-order valence-corrected chi connectivity index (χ4v) is 4.36. The molecule has 0 bridgehead atoms. The van der Waals surface area contributed by atoms with Gasteiger partial charge in [-0.2, -0.15) is 4.37 Å². The van der Waals surface area contributed by atoms with Gasteiger partial charge in [-0.15, -0.1) is 0 Å². The van der Waals surface area contributed by atoms with Gasteiger partial charge >= 0.3 is 0 Å². The summed E-state index contributed by atoms with van der Waals surface area (Å²) in [5.41, 5.74) is 11.1. The number of benzene rings is 3. The van der Waals surface area contributed by atoms with Crippen molar-refractivity contribution >= 4 is 21.6 Å². The first-order chi connectivity index (χ1) is 14.3. The summed E-state index contributed by atoms with van der Waals surface area (Å²) in [5.74, 6) is 0.868. The van der Waals surface area contributed by atoms with E-state index in [4.69, 9.17) is 10.5 Å². The van der Waals surface area contributed by atoms with Gasteiger partial charge in [0.1, 0.15) is 5.75 Å². The van der Waals surface area contributed by atoms with Gasteiger partial charge < -0.3 is 15.8 Å². The summed E-state index contributed by atoms with van der Waals surface area (Å²) in [6, 6.07) is 24.9. The molecule has 0 aliphatic carbocycles. The van der Waals surface area contributed by atoms with Gasteiger partial charge in [-0.05, 0) is 59.4 Å². The van der Waals surface area contributed by atoms with Crippen LogP contribution in [-0.4, -0.2) is 18.0 Å². The lowest BCUT2D eigenvalue weighted by atomic mass is 9.99. The van der Waals surface area contributed by atoms with Crippen molar-refractivity contribution in [1.29, 1.82) is 0 Å². The molecule has 5 heteroatoms. The molecule has 0 fully saturated rings. The minimum Gasteiger partial charge on any atom is -0.497 e. The molecule has 1 heterocycles. The summed E-state index contributed by atoms with van der Waals surface area (Å²) in [4.78, 5) is 0. The third-order valence-corrected chi connectivity index (χ3v) is 5.96. The minimum atomic E-state index is -0.0597. The van der Waals surface area contributed by atoms with Gasteiger partial charge in [0.2, 0.25) is 0 Å². The van der Waals surface area contributed by atoms with Gasteiger partial charge in [-0.25, -0.2) is 0 Å². The quantitative estimate of drug-likeness (QED) is 0.399. The van der Waals surface area contributed by atoms with Crippen molar-refractivity contribution in [1.82, 2.24) is 9.69 Å². The molecule has 4 aromatic rings. The average Bonchev–Trinajstić information content (AvgIpc) is 3.21. The Hall–Kier alpha value is -2.73. The smallest absolute Gasteiger partial charge is 0.118 e. The molecule has 3 aromatic carbocycles. The second-order valence-electron chi connectivity index (χ2n) is 7.02. The topological polar surface area (TPSA) is 60.2 Å². The number of methoxy groups -OCH3 is 1. The Bertz CT molecular complexity index is 1070. The molecule has 0 amide bonds. The van der Waals surface area contributed by atoms with E-state index in [9.17, 15) is 0 Å². The number of ether oxygens (including phenoxy) is 1. The van der Waals surface area contributed by atoms with Crippen LogP contribution in [0.1, 0.15) is 23.7 Å².